The van der Waals surface area contributed by atoms with E-state index in [0.29, 0.717) is 12.0 Å². The van der Waals surface area contributed by atoms with E-state index in [1.807, 2.05) is 0 Å². The molecule has 0 spiro atoms. The summed E-state index contributed by atoms with van der Waals surface area (Å²) in [4.78, 5) is 4.64. The van der Waals surface area contributed by atoms with Gasteiger partial charge in [-0.2, -0.15) is 4.37 Å². The Labute approximate surface area is 117 Å². The van der Waals surface area contributed by atoms with Gasteiger partial charge in [0.1, 0.15) is 5.82 Å². The zero-order valence-electron chi connectivity index (χ0n) is 10.8. The van der Waals surface area contributed by atoms with Crippen LogP contribution in [0.1, 0.15) is 54.6 Å². The lowest BCUT2D eigenvalue weighted by Gasteiger charge is -2.25. The highest BCUT2D eigenvalue weighted by Gasteiger charge is 2.28. The van der Waals surface area contributed by atoms with Crippen molar-refractivity contribution in [1.82, 2.24) is 9.36 Å². The van der Waals surface area contributed by atoms with E-state index in [1.54, 1.807) is 0 Å². The molecular weight excluding hydrogens is 254 g/mol. The van der Waals surface area contributed by atoms with Crippen molar-refractivity contribution in [3.05, 3.63) is 41.2 Å². The minimum atomic E-state index is 0.407. The van der Waals surface area contributed by atoms with E-state index < -0.39 is 0 Å². The van der Waals surface area contributed by atoms with E-state index in [1.165, 1.54) is 54.8 Å². The number of rotatable bonds is 3. The molecule has 4 heteroatoms. The van der Waals surface area contributed by atoms with E-state index in [0.717, 1.165) is 11.0 Å². The van der Waals surface area contributed by atoms with Crippen LogP contribution in [0.15, 0.2) is 24.3 Å². The molecule has 2 aromatic rings. The predicted octanol–water partition coefficient (Wildman–Crippen LogP) is 3.91. The maximum atomic E-state index is 4.64. The van der Waals surface area contributed by atoms with Crippen molar-refractivity contribution in [2.24, 2.45) is 0 Å². The van der Waals surface area contributed by atoms with Gasteiger partial charge in [-0.25, -0.2) is 4.98 Å². The molecule has 4 rings (SSSR count). The van der Waals surface area contributed by atoms with Gasteiger partial charge in [-0.1, -0.05) is 24.3 Å². The fraction of sp³-hybridized carbons (Fsp3) is 0.467. The summed E-state index contributed by atoms with van der Waals surface area (Å²) in [5.74, 6) is 1.70. The van der Waals surface area contributed by atoms with Crippen molar-refractivity contribution in [3.8, 4) is 0 Å². The third kappa shape index (κ3) is 2.25. The Morgan fingerprint density at radius 2 is 2.05 bits per heavy atom. The highest BCUT2D eigenvalue weighted by molar-refractivity contribution is 7.09. The first-order valence-corrected chi connectivity index (χ1v) is 7.85. The van der Waals surface area contributed by atoms with Gasteiger partial charge >= 0.3 is 0 Å². The Hall–Kier alpha value is -1.42. The molecule has 98 valence electrons. The third-order valence-electron chi connectivity index (χ3n) is 4.05. The van der Waals surface area contributed by atoms with Gasteiger partial charge in [-0.3, -0.25) is 0 Å². The van der Waals surface area contributed by atoms with E-state index in [-0.39, 0.29) is 0 Å². The second-order valence-electron chi connectivity index (χ2n) is 5.52. The minimum Gasteiger partial charge on any atom is -0.353 e. The van der Waals surface area contributed by atoms with Crippen molar-refractivity contribution in [2.45, 2.75) is 44.1 Å². The number of aryl methyl sites for hydroxylation is 1. The fourth-order valence-electron chi connectivity index (χ4n) is 2.85. The Kier molecular flexibility index (Phi) is 2.76. The third-order valence-corrected chi connectivity index (χ3v) is 4.71. The van der Waals surface area contributed by atoms with Gasteiger partial charge in [0.05, 0.1) is 6.04 Å². The van der Waals surface area contributed by atoms with Crippen LogP contribution < -0.4 is 5.32 Å². The standard InChI is InChI=1S/C15H17N3S/c1-2-6-12-10(4-1)5-3-7-13(12)16-15-17-14(18-19-15)11-8-9-11/h1-2,4,6,11,13H,3,5,7-9H2,(H,16,17,18). The summed E-state index contributed by atoms with van der Waals surface area (Å²) in [6.07, 6.45) is 6.18. The molecule has 1 atom stereocenters. The van der Waals surface area contributed by atoms with Crippen LogP contribution in [0, 0.1) is 0 Å². The topological polar surface area (TPSA) is 37.8 Å². The maximum absolute atomic E-state index is 4.64. The second-order valence-corrected chi connectivity index (χ2v) is 6.27. The van der Waals surface area contributed by atoms with Gasteiger partial charge < -0.3 is 5.32 Å². The lowest BCUT2D eigenvalue weighted by Crippen LogP contribution is -2.17. The van der Waals surface area contributed by atoms with Crippen molar-refractivity contribution < 1.29 is 0 Å². The molecule has 1 saturated carbocycles. The second kappa shape index (κ2) is 4.60. The molecule has 19 heavy (non-hydrogen) atoms. The number of hydrogen-bond donors (Lipinski definition) is 1. The van der Waals surface area contributed by atoms with Gasteiger partial charge in [0.2, 0.25) is 5.13 Å². The number of nitrogens with one attached hydrogen (secondary N) is 1. The van der Waals surface area contributed by atoms with E-state index in [4.69, 9.17) is 0 Å². The molecule has 1 aromatic carbocycles. The number of benzene rings is 1. The summed E-state index contributed by atoms with van der Waals surface area (Å²) in [6, 6.07) is 9.17. The average molecular weight is 271 g/mol. The Bertz CT molecular complexity index is 589. The SMILES string of the molecule is c1ccc2c(c1)CCCC2Nc1nc(C2CC2)ns1. The van der Waals surface area contributed by atoms with Gasteiger partial charge in [0.25, 0.3) is 0 Å². The van der Waals surface area contributed by atoms with Crippen molar-refractivity contribution in [2.75, 3.05) is 5.32 Å². The summed E-state index contributed by atoms with van der Waals surface area (Å²) in [5.41, 5.74) is 2.93. The minimum absolute atomic E-state index is 0.407. The lowest BCUT2D eigenvalue weighted by molar-refractivity contribution is 0.600. The van der Waals surface area contributed by atoms with Crippen LogP contribution in [0.4, 0.5) is 5.13 Å². The Morgan fingerprint density at radius 1 is 1.16 bits per heavy atom. The van der Waals surface area contributed by atoms with Gasteiger partial charge in [0, 0.05) is 17.5 Å². The molecule has 1 fully saturated rings. The zero-order chi connectivity index (χ0) is 12.7. The Morgan fingerprint density at radius 3 is 2.95 bits per heavy atom. The van der Waals surface area contributed by atoms with Crippen LogP contribution in [-0.4, -0.2) is 9.36 Å². The van der Waals surface area contributed by atoms with Gasteiger partial charge in [0.15, 0.2) is 0 Å². The van der Waals surface area contributed by atoms with Crippen LogP contribution in [-0.2, 0) is 6.42 Å². The monoisotopic (exact) mass is 271 g/mol. The number of anilines is 1. The van der Waals surface area contributed by atoms with Crippen molar-refractivity contribution >= 4 is 16.7 Å². The van der Waals surface area contributed by atoms with Crippen molar-refractivity contribution in [1.29, 1.82) is 0 Å². The smallest absolute Gasteiger partial charge is 0.203 e. The lowest BCUT2D eigenvalue weighted by atomic mass is 9.88. The molecule has 1 N–H and O–H groups in total. The average Bonchev–Trinajstić information content (AvgIpc) is 3.20. The van der Waals surface area contributed by atoms with Gasteiger partial charge in [-0.15, -0.1) is 0 Å². The number of nitrogens with zero attached hydrogens (tertiary/aromatic N) is 2. The molecule has 0 aliphatic heterocycles. The van der Waals surface area contributed by atoms with Crippen LogP contribution >= 0.6 is 11.5 Å². The molecule has 0 amide bonds. The molecule has 2 aliphatic carbocycles. The summed E-state index contributed by atoms with van der Waals surface area (Å²) in [6.45, 7) is 0. The molecular formula is C15H17N3S. The summed E-state index contributed by atoms with van der Waals surface area (Å²) in [5, 5.41) is 4.57. The van der Waals surface area contributed by atoms with Crippen LogP contribution in [0.3, 0.4) is 0 Å². The normalized spacial score (nSPS) is 22.0. The first kappa shape index (κ1) is 11.4. The quantitative estimate of drug-likeness (QED) is 0.920. The van der Waals surface area contributed by atoms with E-state index >= 15 is 0 Å². The van der Waals surface area contributed by atoms with Crippen molar-refractivity contribution in [3.63, 3.8) is 0 Å². The number of hydrogen-bond acceptors (Lipinski definition) is 4. The molecule has 1 aromatic heterocycles. The van der Waals surface area contributed by atoms with Gasteiger partial charge in [-0.05, 0) is 43.2 Å². The summed E-state index contributed by atoms with van der Waals surface area (Å²) in [7, 11) is 0. The molecule has 1 unspecified atom stereocenters. The zero-order valence-corrected chi connectivity index (χ0v) is 11.6. The summed E-state index contributed by atoms with van der Waals surface area (Å²) >= 11 is 1.51. The highest BCUT2D eigenvalue weighted by atomic mass is 32.1. The van der Waals surface area contributed by atoms with Crippen LogP contribution in [0.5, 0.6) is 0 Å². The summed E-state index contributed by atoms with van der Waals surface area (Å²) < 4.78 is 4.47. The molecule has 2 aliphatic rings. The van der Waals surface area contributed by atoms with Crippen LogP contribution in [0.2, 0.25) is 0 Å². The fourth-order valence-corrected chi connectivity index (χ4v) is 3.55. The van der Waals surface area contributed by atoms with E-state index in [9.17, 15) is 0 Å². The largest absolute Gasteiger partial charge is 0.353 e. The molecule has 1 heterocycles. The Balaban J connectivity index is 1.56. The maximum Gasteiger partial charge on any atom is 0.203 e. The molecule has 0 saturated heterocycles. The molecule has 3 nitrogen and oxygen atoms in total. The van der Waals surface area contributed by atoms with Crippen LogP contribution in [0.25, 0.3) is 0 Å². The molecule has 0 radical (unpaired) electrons. The van der Waals surface area contributed by atoms with E-state index in [2.05, 4.69) is 38.9 Å². The molecule has 0 bridgehead atoms. The first-order chi connectivity index (χ1) is 9.40. The predicted molar refractivity (Wildman–Crippen MR) is 77.6 cm³/mol. The first-order valence-electron chi connectivity index (χ1n) is 7.08. The number of aromatic nitrogens is 2. The highest BCUT2D eigenvalue weighted by Crippen LogP contribution is 2.40. The number of fused-ring (bicyclic) bond motifs is 1.